The molecule has 4 heterocycles. The fourth-order valence-corrected chi connectivity index (χ4v) is 14.9. The van der Waals surface area contributed by atoms with Gasteiger partial charge in [-0.05, 0) is 190 Å². The third-order valence-corrected chi connectivity index (χ3v) is 19.1. The van der Waals surface area contributed by atoms with Gasteiger partial charge in [-0.15, -0.1) is 0 Å². The Morgan fingerprint density at radius 2 is 0.433 bits per heavy atom. The number of benzene rings is 13. The Balaban J connectivity index is 0.850. The van der Waals surface area contributed by atoms with Gasteiger partial charge in [0, 0.05) is 88.6 Å². The molecule has 0 amide bonds. The second-order valence-corrected chi connectivity index (χ2v) is 24.9. The monoisotopic (exact) mass is 1160 g/mol. The minimum Gasteiger partial charge on any atom is -0.332 e. The van der Waals surface area contributed by atoms with Crippen molar-refractivity contribution in [3.8, 4) is 22.7 Å². The maximum Gasteiger partial charge on any atom is 0.0646 e. The predicted octanol–water partition coefficient (Wildman–Crippen LogP) is 22.2. The highest BCUT2D eigenvalue weighted by atomic mass is 15.2. The summed E-state index contributed by atoms with van der Waals surface area (Å²) in [6, 6.07) is 116. The van der Waals surface area contributed by atoms with Gasteiger partial charge < -0.3 is 28.1 Å². The molecule has 0 spiro atoms. The van der Waals surface area contributed by atoms with E-state index >= 15 is 0 Å². The molecule has 0 N–H and O–H groups in total. The molecule has 0 fully saturated rings. The number of fused-ring (bicyclic) bond motifs is 12. The largest absolute Gasteiger partial charge is 0.332 e. The standard InChI is InChI=1S/C84H64N6/c1-83(2,90(65-47-51-81-73(55-65)69-35-19-23-39-77(69)87(81)61-29-13-7-14-30-61)66-48-52-82-74(56-66)70-36-20-24-40-78(70)88(82)62-31-15-8-16-32-62)57-41-44-63(45-42-57)89(64-46-50-80-72(54-64)68-34-18-22-38-76(68)86(80)60-27-11-6-12-28-60)84(3,4)58-43-49-79-71(53-58)67-33-17-21-37-75(67)85(79)59-25-9-5-10-26-59/h5-56H,1-4H3. The maximum atomic E-state index is 2.57. The minimum atomic E-state index is -0.591. The van der Waals surface area contributed by atoms with Crippen LogP contribution < -0.4 is 9.80 Å². The molecule has 6 nitrogen and oxygen atoms in total. The first-order valence-corrected chi connectivity index (χ1v) is 31.3. The Bertz CT molecular complexity index is 5440. The smallest absolute Gasteiger partial charge is 0.0646 e. The Labute approximate surface area is 523 Å². The highest BCUT2D eigenvalue weighted by Gasteiger charge is 2.35. The molecule has 0 aliphatic carbocycles. The van der Waals surface area contributed by atoms with E-state index in [1.807, 2.05) is 0 Å². The Hall–Kier alpha value is -11.3. The Morgan fingerprint density at radius 3 is 0.767 bits per heavy atom. The molecule has 0 aliphatic heterocycles. The van der Waals surface area contributed by atoms with E-state index in [4.69, 9.17) is 0 Å². The van der Waals surface area contributed by atoms with Crippen molar-refractivity contribution in [1.82, 2.24) is 18.3 Å². The lowest BCUT2D eigenvalue weighted by Crippen LogP contribution is -2.39. The van der Waals surface area contributed by atoms with E-state index in [1.165, 1.54) is 98.4 Å². The average Bonchev–Trinajstić information content (AvgIpc) is 2.27. The summed E-state index contributed by atoms with van der Waals surface area (Å²) in [5, 5.41) is 9.72. The van der Waals surface area contributed by atoms with Crippen LogP contribution in [0.5, 0.6) is 0 Å². The first kappa shape index (κ1) is 52.9. The molecule has 430 valence electrons. The van der Waals surface area contributed by atoms with E-state index < -0.39 is 11.1 Å². The lowest BCUT2D eigenvalue weighted by Gasteiger charge is -2.43. The number of rotatable bonds is 12. The van der Waals surface area contributed by atoms with Gasteiger partial charge in [0.25, 0.3) is 0 Å². The van der Waals surface area contributed by atoms with Gasteiger partial charge in [-0.2, -0.15) is 0 Å². The number of aromatic nitrogens is 4. The van der Waals surface area contributed by atoms with Crippen molar-refractivity contribution < 1.29 is 0 Å². The van der Waals surface area contributed by atoms with Gasteiger partial charge in [-0.1, -0.05) is 164 Å². The molecule has 0 aliphatic rings. The topological polar surface area (TPSA) is 26.2 Å². The van der Waals surface area contributed by atoms with Crippen LogP contribution >= 0.6 is 0 Å². The zero-order valence-corrected chi connectivity index (χ0v) is 50.7. The van der Waals surface area contributed by atoms with Gasteiger partial charge >= 0.3 is 0 Å². The number of anilines is 4. The molecule has 17 aromatic rings. The Morgan fingerprint density at radius 1 is 0.200 bits per heavy atom. The van der Waals surface area contributed by atoms with Crippen LogP contribution in [0, 0.1) is 0 Å². The van der Waals surface area contributed by atoms with E-state index in [-0.39, 0.29) is 0 Å². The summed E-state index contributed by atoms with van der Waals surface area (Å²) < 4.78 is 9.61. The van der Waals surface area contributed by atoms with Gasteiger partial charge in [0.2, 0.25) is 0 Å². The summed E-state index contributed by atoms with van der Waals surface area (Å²) in [4.78, 5) is 5.14. The number of hydrogen-bond acceptors (Lipinski definition) is 2. The molecule has 4 aromatic heterocycles. The van der Waals surface area contributed by atoms with Crippen LogP contribution in [-0.4, -0.2) is 18.3 Å². The van der Waals surface area contributed by atoms with Crippen molar-refractivity contribution in [1.29, 1.82) is 0 Å². The highest BCUT2D eigenvalue weighted by molar-refractivity contribution is 6.14. The van der Waals surface area contributed by atoms with Crippen LogP contribution in [0.1, 0.15) is 38.8 Å². The molecule has 13 aromatic carbocycles. The van der Waals surface area contributed by atoms with Crippen LogP contribution in [0.3, 0.4) is 0 Å². The van der Waals surface area contributed by atoms with Crippen molar-refractivity contribution in [2.24, 2.45) is 0 Å². The highest BCUT2D eigenvalue weighted by Crippen LogP contribution is 2.48. The summed E-state index contributed by atoms with van der Waals surface area (Å²) in [5.74, 6) is 0. The van der Waals surface area contributed by atoms with Crippen molar-refractivity contribution in [3.63, 3.8) is 0 Å². The fourth-order valence-electron chi connectivity index (χ4n) is 14.9. The van der Waals surface area contributed by atoms with Gasteiger partial charge in [-0.3, -0.25) is 0 Å². The second kappa shape index (κ2) is 20.7. The first-order valence-electron chi connectivity index (χ1n) is 31.3. The predicted molar refractivity (Wildman–Crippen MR) is 380 cm³/mol. The van der Waals surface area contributed by atoms with Crippen molar-refractivity contribution in [2.75, 3.05) is 9.80 Å². The number of nitrogens with zero attached hydrogens (tertiary/aromatic N) is 6. The summed E-state index contributed by atoms with van der Waals surface area (Å²) in [5.41, 5.74) is 19.6. The summed E-state index contributed by atoms with van der Waals surface area (Å²) in [6.07, 6.45) is 0. The third kappa shape index (κ3) is 8.25. The lowest BCUT2D eigenvalue weighted by molar-refractivity contribution is 0.531. The zero-order valence-electron chi connectivity index (χ0n) is 50.7. The molecule has 0 unspecified atom stereocenters. The van der Waals surface area contributed by atoms with Crippen LogP contribution in [0.25, 0.3) is 110 Å². The summed E-state index contributed by atoms with van der Waals surface area (Å²) >= 11 is 0. The molecule has 6 heteroatoms. The molecular formula is C84H64N6. The molecular weight excluding hydrogens is 1090 g/mol. The normalized spacial score (nSPS) is 12.2. The van der Waals surface area contributed by atoms with Crippen molar-refractivity contribution in [3.05, 3.63) is 327 Å². The molecule has 90 heavy (non-hydrogen) atoms. The summed E-state index contributed by atoms with van der Waals surface area (Å²) in [6.45, 7) is 9.54. The van der Waals surface area contributed by atoms with Gasteiger partial charge in [0.15, 0.2) is 0 Å². The lowest BCUT2D eigenvalue weighted by atomic mass is 9.88. The molecule has 0 bridgehead atoms. The van der Waals surface area contributed by atoms with Gasteiger partial charge in [0.1, 0.15) is 0 Å². The molecule has 0 radical (unpaired) electrons. The molecule has 0 saturated carbocycles. The summed E-state index contributed by atoms with van der Waals surface area (Å²) in [7, 11) is 0. The first-order chi connectivity index (χ1) is 44.2. The van der Waals surface area contributed by atoms with Crippen LogP contribution in [0.4, 0.5) is 22.7 Å². The van der Waals surface area contributed by atoms with Gasteiger partial charge in [0.05, 0.1) is 55.2 Å². The molecule has 0 atom stereocenters. The van der Waals surface area contributed by atoms with Crippen molar-refractivity contribution >= 4 is 110 Å². The minimum absolute atomic E-state index is 0.568. The number of para-hydroxylation sites is 8. The van der Waals surface area contributed by atoms with Crippen molar-refractivity contribution in [2.45, 2.75) is 38.8 Å². The maximum absolute atomic E-state index is 2.57. The average molecular weight is 1160 g/mol. The molecule has 0 saturated heterocycles. The van der Waals surface area contributed by atoms with Crippen LogP contribution in [0.2, 0.25) is 0 Å². The van der Waals surface area contributed by atoms with E-state index in [0.29, 0.717) is 0 Å². The van der Waals surface area contributed by atoms with E-state index in [9.17, 15) is 0 Å². The Kier molecular flexibility index (Phi) is 12.1. The fraction of sp³-hybridized carbons (Fsp3) is 0.0714. The molecule has 17 rings (SSSR count). The zero-order chi connectivity index (χ0) is 60.2. The van der Waals surface area contributed by atoms with Gasteiger partial charge in [-0.25, -0.2) is 0 Å². The third-order valence-electron chi connectivity index (χ3n) is 19.1. The van der Waals surface area contributed by atoms with E-state index in [2.05, 4.69) is 371 Å². The number of hydrogen-bond donors (Lipinski definition) is 0. The second-order valence-electron chi connectivity index (χ2n) is 24.9. The SMILES string of the molecule is CC(C)(c1ccc(N(c2ccc3c(c2)c2ccccc2n3-c2ccccc2)C(C)(C)c2ccc3c(c2)c2ccccc2n3-c2ccccc2)cc1)N(c1ccc2c(c1)c1ccccc1n2-c1ccccc1)c1ccc2c(c1)c1ccccc1n2-c1ccccc1. The van der Waals surface area contributed by atoms with E-state index in [1.54, 1.807) is 0 Å². The van der Waals surface area contributed by atoms with E-state index in [0.717, 1.165) is 45.5 Å². The van der Waals surface area contributed by atoms with Crippen LogP contribution in [-0.2, 0) is 11.1 Å². The quantitative estimate of drug-likeness (QED) is 0.122. The van der Waals surface area contributed by atoms with Crippen LogP contribution in [0.15, 0.2) is 315 Å².